The molecule has 15 heavy (non-hydrogen) atoms. The molecule has 0 radical (unpaired) electrons. The predicted octanol–water partition coefficient (Wildman–Crippen LogP) is 2.16. The fourth-order valence-electron chi connectivity index (χ4n) is 1.33. The molecule has 0 saturated heterocycles. The molecule has 0 aliphatic rings. The molecule has 1 aromatic carbocycles. The van der Waals surface area contributed by atoms with Crippen LogP contribution in [0.25, 0.3) is 0 Å². The van der Waals surface area contributed by atoms with Gasteiger partial charge in [0, 0.05) is 12.0 Å². The second kappa shape index (κ2) is 4.57. The Morgan fingerprint density at radius 2 is 2.00 bits per heavy atom. The third-order valence-electron chi connectivity index (χ3n) is 2.58. The van der Waals surface area contributed by atoms with Crippen LogP contribution in [0.15, 0.2) is 24.3 Å². The molecule has 4 heteroatoms. The van der Waals surface area contributed by atoms with E-state index < -0.39 is 11.8 Å². The summed E-state index contributed by atoms with van der Waals surface area (Å²) in [6.07, 6.45) is -2.42. The van der Waals surface area contributed by atoms with E-state index >= 15 is 0 Å². The van der Waals surface area contributed by atoms with E-state index in [-0.39, 0.29) is 18.7 Å². The summed E-state index contributed by atoms with van der Waals surface area (Å²) < 4.78 is 25.5. The summed E-state index contributed by atoms with van der Waals surface area (Å²) in [5, 5.41) is 9.47. The Hall–Kier alpha value is -1.16. The van der Waals surface area contributed by atoms with Crippen molar-refractivity contribution in [3.05, 3.63) is 29.8 Å². The summed E-state index contributed by atoms with van der Waals surface area (Å²) in [6, 6.07) is 6.47. The number of aromatic hydroxyl groups is 1. The molecule has 0 aromatic heterocycles. The van der Waals surface area contributed by atoms with Crippen LogP contribution in [0.5, 0.6) is 5.75 Å². The Morgan fingerprint density at radius 1 is 1.40 bits per heavy atom. The Kier molecular flexibility index (Phi) is 3.63. The highest BCUT2D eigenvalue weighted by molar-refractivity contribution is 5.32. The number of phenolic OH excluding ortho intramolecular Hbond substituents is 1. The lowest BCUT2D eigenvalue weighted by atomic mass is 9.84. The zero-order valence-corrected chi connectivity index (χ0v) is 8.58. The van der Waals surface area contributed by atoms with Gasteiger partial charge >= 0.3 is 0 Å². The highest BCUT2D eigenvalue weighted by atomic mass is 19.3. The van der Waals surface area contributed by atoms with Crippen LogP contribution >= 0.6 is 0 Å². The van der Waals surface area contributed by atoms with E-state index in [0.717, 1.165) is 0 Å². The lowest BCUT2D eigenvalue weighted by molar-refractivity contribution is 0.0130. The molecule has 0 heterocycles. The van der Waals surface area contributed by atoms with Crippen molar-refractivity contribution in [2.24, 2.45) is 11.1 Å². The normalized spacial score (nSPS) is 15.3. The first-order valence-electron chi connectivity index (χ1n) is 4.74. The second-order valence-electron chi connectivity index (χ2n) is 3.96. The maximum Gasteiger partial charge on any atom is 0.245 e. The largest absolute Gasteiger partial charge is 0.508 e. The van der Waals surface area contributed by atoms with Crippen LogP contribution in [-0.4, -0.2) is 18.1 Å². The third-order valence-corrected chi connectivity index (χ3v) is 2.58. The van der Waals surface area contributed by atoms with Gasteiger partial charge in [-0.3, -0.25) is 0 Å². The molecule has 0 aliphatic heterocycles. The van der Waals surface area contributed by atoms with Crippen molar-refractivity contribution in [2.45, 2.75) is 19.8 Å². The molecule has 2 nitrogen and oxygen atoms in total. The Balaban J connectivity index is 2.89. The molecule has 0 saturated carbocycles. The van der Waals surface area contributed by atoms with Gasteiger partial charge in [0.25, 0.3) is 0 Å². The van der Waals surface area contributed by atoms with E-state index in [4.69, 9.17) is 5.73 Å². The van der Waals surface area contributed by atoms with Gasteiger partial charge in [0.2, 0.25) is 6.43 Å². The van der Waals surface area contributed by atoms with Gasteiger partial charge in [0.15, 0.2) is 0 Å². The van der Waals surface area contributed by atoms with Gasteiger partial charge in [-0.05, 0) is 18.1 Å². The van der Waals surface area contributed by atoms with Crippen LogP contribution in [0.4, 0.5) is 8.78 Å². The zero-order valence-electron chi connectivity index (χ0n) is 8.58. The monoisotopic (exact) mass is 215 g/mol. The summed E-state index contributed by atoms with van der Waals surface area (Å²) >= 11 is 0. The third kappa shape index (κ3) is 2.65. The predicted molar refractivity (Wildman–Crippen MR) is 55.0 cm³/mol. The molecule has 1 rings (SSSR count). The Bertz CT molecular complexity index is 330. The second-order valence-corrected chi connectivity index (χ2v) is 3.96. The number of para-hydroxylation sites is 1. The molecule has 0 spiro atoms. The first kappa shape index (κ1) is 11.9. The molecule has 84 valence electrons. The number of hydrogen-bond acceptors (Lipinski definition) is 2. The van der Waals surface area contributed by atoms with E-state index in [1.54, 1.807) is 18.2 Å². The molecule has 1 aromatic rings. The van der Waals surface area contributed by atoms with Crippen molar-refractivity contribution < 1.29 is 13.9 Å². The highest BCUT2D eigenvalue weighted by Gasteiger charge is 2.34. The standard InChI is InChI=1S/C11H15F2NO/c1-11(7-14,10(12)13)6-8-4-2-3-5-9(8)15/h2-5,10,15H,6-7,14H2,1H3. The molecule has 0 aliphatic carbocycles. The van der Waals surface area contributed by atoms with Gasteiger partial charge in [-0.25, -0.2) is 8.78 Å². The van der Waals surface area contributed by atoms with Crippen LogP contribution in [-0.2, 0) is 6.42 Å². The van der Waals surface area contributed by atoms with Crippen molar-refractivity contribution in [2.75, 3.05) is 6.54 Å². The Morgan fingerprint density at radius 3 is 2.47 bits per heavy atom. The number of benzene rings is 1. The summed E-state index contributed by atoms with van der Waals surface area (Å²) in [4.78, 5) is 0. The van der Waals surface area contributed by atoms with Gasteiger partial charge in [-0.1, -0.05) is 25.1 Å². The van der Waals surface area contributed by atoms with Gasteiger partial charge < -0.3 is 10.8 Å². The number of hydrogen-bond donors (Lipinski definition) is 2. The summed E-state index contributed by atoms with van der Waals surface area (Å²) in [5.41, 5.74) is 4.57. The Labute approximate surface area is 87.7 Å². The van der Waals surface area contributed by atoms with E-state index in [1.807, 2.05) is 0 Å². The van der Waals surface area contributed by atoms with E-state index in [1.165, 1.54) is 13.0 Å². The number of nitrogens with two attached hydrogens (primary N) is 1. The molecule has 0 amide bonds. The number of phenols is 1. The minimum Gasteiger partial charge on any atom is -0.508 e. The smallest absolute Gasteiger partial charge is 0.245 e. The molecule has 3 N–H and O–H groups in total. The molecule has 0 bridgehead atoms. The van der Waals surface area contributed by atoms with Crippen molar-refractivity contribution in [1.29, 1.82) is 0 Å². The van der Waals surface area contributed by atoms with E-state index in [9.17, 15) is 13.9 Å². The van der Waals surface area contributed by atoms with Crippen LogP contribution < -0.4 is 5.73 Å². The highest BCUT2D eigenvalue weighted by Crippen LogP contribution is 2.31. The number of rotatable bonds is 4. The van der Waals surface area contributed by atoms with Gasteiger partial charge in [-0.15, -0.1) is 0 Å². The lowest BCUT2D eigenvalue weighted by Gasteiger charge is -2.27. The topological polar surface area (TPSA) is 46.2 Å². The van der Waals surface area contributed by atoms with Gasteiger partial charge in [0.05, 0.1) is 0 Å². The molecular formula is C11H15F2NO. The quantitative estimate of drug-likeness (QED) is 0.808. The average Bonchev–Trinajstić information content (AvgIpc) is 2.21. The lowest BCUT2D eigenvalue weighted by Crippen LogP contribution is -2.36. The number of alkyl halides is 2. The zero-order chi connectivity index (χ0) is 11.5. The van der Waals surface area contributed by atoms with Crippen LogP contribution in [0.3, 0.4) is 0 Å². The minimum absolute atomic E-state index is 0.0397. The summed E-state index contributed by atoms with van der Waals surface area (Å²) in [5.74, 6) is 0.0397. The number of halogens is 2. The minimum atomic E-state index is -2.50. The maximum atomic E-state index is 12.7. The molecule has 1 unspecified atom stereocenters. The summed E-state index contributed by atoms with van der Waals surface area (Å²) in [7, 11) is 0. The van der Waals surface area contributed by atoms with Crippen molar-refractivity contribution in [3.8, 4) is 5.75 Å². The average molecular weight is 215 g/mol. The van der Waals surface area contributed by atoms with Gasteiger partial charge in [0.1, 0.15) is 5.75 Å². The van der Waals surface area contributed by atoms with Crippen molar-refractivity contribution >= 4 is 0 Å². The molecule has 1 atom stereocenters. The fourth-order valence-corrected chi connectivity index (χ4v) is 1.33. The van der Waals surface area contributed by atoms with Crippen LogP contribution in [0.1, 0.15) is 12.5 Å². The molecule has 0 fully saturated rings. The summed E-state index contributed by atoms with van der Waals surface area (Å²) in [6.45, 7) is 1.31. The first-order chi connectivity index (χ1) is 6.99. The van der Waals surface area contributed by atoms with Crippen LogP contribution in [0.2, 0.25) is 0 Å². The van der Waals surface area contributed by atoms with E-state index in [0.29, 0.717) is 5.56 Å². The van der Waals surface area contributed by atoms with Crippen molar-refractivity contribution in [1.82, 2.24) is 0 Å². The van der Waals surface area contributed by atoms with E-state index in [2.05, 4.69) is 0 Å². The first-order valence-corrected chi connectivity index (χ1v) is 4.74. The SMILES string of the molecule is CC(CN)(Cc1ccccc1O)C(F)F. The van der Waals surface area contributed by atoms with Gasteiger partial charge in [-0.2, -0.15) is 0 Å². The maximum absolute atomic E-state index is 12.7. The fraction of sp³-hybridized carbons (Fsp3) is 0.455. The van der Waals surface area contributed by atoms with Crippen molar-refractivity contribution in [3.63, 3.8) is 0 Å². The molecular weight excluding hydrogens is 200 g/mol. The van der Waals surface area contributed by atoms with Crippen LogP contribution in [0, 0.1) is 5.41 Å².